The fourth-order valence-electron chi connectivity index (χ4n) is 8.86. The number of phenols is 2. The number of hydrogen-bond acceptors (Lipinski definition) is 8. The van der Waals surface area contributed by atoms with Gasteiger partial charge in [-0.2, -0.15) is 0 Å². The molecule has 10 rings (SSSR count). The second kappa shape index (κ2) is 23.0. The van der Waals surface area contributed by atoms with E-state index in [2.05, 4.69) is 166 Å². The van der Waals surface area contributed by atoms with Crippen LogP contribution in [0.15, 0.2) is 162 Å². The number of aliphatic imine (C=N–C) groups is 2. The Balaban J connectivity index is 0.000000205. The number of rotatable bonds is 8. The van der Waals surface area contributed by atoms with Gasteiger partial charge in [0.2, 0.25) is 0 Å². The molecule has 0 aliphatic carbocycles. The van der Waals surface area contributed by atoms with E-state index in [9.17, 15) is 19.0 Å². The van der Waals surface area contributed by atoms with Crippen molar-refractivity contribution >= 4 is 66.9 Å². The van der Waals surface area contributed by atoms with E-state index in [0.717, 1.165) is 63.8 Å². The summed E-state index contributed by atoms with van der Waals surface area (Å²) < 4.78 is 29.7. The Morgan fingerprint density at radius 1 is 0.456 bits per heavy atom. The predicted octanol–water partition coefficient (Wildman–Crippen LogP) is 19.4. The van der Waals surface area contributed by atoms with Gasteiger partial charge in [-0.3, -0.25) is 9.98 Å². The van der Waals surface area contributed by atoms with Crippen LogP contribution in [0.4, 0.5) is 20.2 Å². The molecule has 0 aliphatic heterocycles. The van der Waals surface area contributed by atoms with Gasteiger partial charge in [-0.1, -0.05) is 143 Å². The van der Waals surface area contributed by atoms with Gasteiger partial charge in [0.25, 0.3) is 0 Å². The molecule has 0 spiro atoms. The quantitative estimate of drug-likeness (QED) is 0.117. The van der Waals surface area contributed by atoms with Gasteiger partial charge < -0.3 is 10.2 Å². The van der Waals surface area contributed by atoms with E-state index in [0.29, 0.717) is 22.5 Å². The molecule has 0 bridgehead atoms. The van der Waals surface area contributed by atoms with Crippen molar-refractivity contribution in [2.45, 2.75) is 105 Å². The third-order valence-electron chi connectivity index (χ3n) is 13.7. The Labute approximate surface area is 486 Å². The average molecular weight is 1270 g/mol. The zero-order valence-corrected chi connectivity index (χ0v) is 50.6. The maximum atomic E-state index is 13.7. The van der Waals surface area contributed by atoms with Crippen molar-refractivity contribution in [3.05, 3.63) is 203 Å². The first kappa shape index (κ1) is 58.2. The zero-order valence-electron chi connectivity index (χ0n) is 46.7. The van der Waals surface area contributed by atoms with Crippen LogP contribution in [0.3, 0.4) is 0 Å². The van der Waals surface area contributed by atoms with Gasteiger partial charge in [-0.25, -0.2) is 18.7 Å². The Morgan fingerprint density at radius 2 is 0.873 bits per heavy atom. The number of aromatic nitrogens is 2. The summed E-state index contributed by atoms with van der Waals surface area (Å²) in [5.41, 5.74) is 15.2. The molecule has 2 N–H and O–H groups in total. The normalized spacial score (nSPS) is 12.3. The van der Waals surface area contributed by atoms with Crippen LogP contribution in [0, 0.1) is 17.7 Å². The van der Waals surface area contributed by atoms with E-state index >= 15 is 0 Å². The van der Waals surface area contributed by atoms with Crippen LogP contribution >= 0.6 is 22.7 Å². The van der Waals surface area contributed by atoms with Crippen LogP contribution in [0.1, 0.15) is 116 Å². The van der Waals surface area contributed by atoms with Crippen LogP contribution in [-0.2, 0) is 42.7 Å². The summed E-state index contributed by atoms with van der Waals surface area (Å²) in [6.45, 7) is 26.6. The third kappa shape index (κ3) is 13.4. The SMILES string of the molecule is CC(C)(C)c1c[c-]c(-c2cc(C(C)(C)C)cc3sc(-c4ccccc4N=Cc4cc(F)ccc4O)nc23)cc1.CC(C)(C)c1ccc(-c2cc(C(C)(C)C)cc3sc(-c4ccccc4N=Cc4cc(F)ccc4O)nc23)cc1.[Pt]. The summed E-state index contributed by atoms with van der Waals surface area (Å²) in [5.74, 6) is -0.894. The van der Waals surface area contributed by atoms with Gasteiger partial charge in [0.05, 0.1) is 21.6 Å². The molecule has 2 heterocycles. The molecular weight excluding hydrogens is 1200 g/mol. The van der Waals surface area contributed by atoms with Gasteiger partial charge in [0, 0.05) is 71.5 Å². The number of benzene rings is 8. The molecule has 6 nitrogen and oxygen atoms in total. The maximum Gasteiger partial charge on any atom is 0.126 e. The van der Waals surface area contributed by atoms with Crippen molar-refractivity contribution in [1.29, 1.82) is 0 Å². The summed E-state index contributed by atoms with van der Waals surface area (Å²) in [4.78, 5) is 19.5. The topological polar surface area (TPSA) is 91.0 Å². The fourth-order valence-corrected chi connectivity index (χ4v) is 11.0. The van der Waals surface area contributed by atoms with Crippen molar-refractivity contribution in [2.24, 2.45) is 9.98 Å². The molecule has 0 fully saturated rings. The van der Waals surface area contributed by atoms with Crippen molar-refractivity contribution < 1.29 is 40.1 Å². The van der Waals surface area contributed by atoms with E-state index in [1.54, 1.807) is 22.7 Å². The first-order valence-corrected chi connectivity index (χ1v) is 27.7. The second-order valence-corrected chi connectivity index (χ2v) is 25.9. The number of nitrogens with zero attached hydrogens (tertiary/aromatic N) is 4. The number of halogens is 2. The van der Waals surface area contributed by atoms with Crippen molar-refractivity contribution in [1.82, 2.24) is 9.97 Å². The summed E-state index contributed by atoms with van der Waals surface area (Å²) in [6, 6.07) is 50.9. The van der Waals surface area contributed by atoms with Gasteiger partial charge in [-0.15, -0.1) is 58.1 Å². The Kier molecular flexibility index (Phi) is 16.9. The summed E-state index contributed by atoms with van der Waals surface area (Å²) in [6.07, 6.45) is 2.98. The molecule has 0 amide bonds. The maximum absolute atomic E-state index is 13.7. The molecule has 406 valence electrons. The minimum Gasteiger partial charge on any atom is -0.507 e. The van der Waals surface area contributed by atoms with Gasteiger partial charge in [0.15, 0.2) is 0 Å². The largest absolute Gasteiger partial charge is 0.507 e. The van der Waals surface area contributed by atoms with E-state index in [4.69, 9.17) is 9.97 Å². The fraction of sp³-hybridized carbons (Fsp3) is 0.235. The molecule has 0 saturated carbocycles. The zero-order chi connectivity index (χ0) is 55.9. The molecule has 79 heavy (non-hydrogen) atoms. The van der Waals surface area contributed by atoms with Crippen LogP contribution in [0.5, 0.6) is 11.5 Å². The monoisotopic (exact) mass is 1270 g/mol. The number of para-hydroxylation sites is 2. The Hall–Kier alpha value is -6.97. The van der Waals surface area contributed by atoms with Gasteiger partial charge >= 0.3 is 0 Å². The Morgan fingerprint density at radius 3 is 1.30 bits per heavy atom. The minimum absolute atomic E-state index is 0. The molecule has 0 saturated heterocycles. The van der Waals surface area contributed by atoms with Gasteiger partial charge in [0.1, 0.15) is 33.1 Å². The first-order chi connectivity index (χ1) is 36.8. The molecule has 2 aromatic heterocycles. The van der Waals surface area contributed by atoms with Crippen molar-refractivity contribution in [3.63, 3.8) is 0 Å². The molecular formula is C68H65F2N4O2PtS2-. The second-order valence-electron chi connectivity index (χ2n) is 23.8. The van der Waals surface area contributed by atoms with Crippen LogP contribution in [-0.4, -0.2) is 32.6 Å². The minimum atomic E-state index is -0.428. The Bertz CT molecular complexity index is 3630. The standard InChI is InChI=1S/C34H33FN2OS.C34H32FN2OS.Pt/c2*1-33(2,3)23-13-11-21(12-14-23)27-18-24(34(4,5)6)19-30-31(27)37-32(39-30)26-9-7-8-10-28(26)36-20-22-17-25(35)15-16-29(22)38;/h7-20,38H,1-6H3;7-11,13-20,38H,1-6H3;/q;-1;. The van der Waals surface area contributed by atoms with Gasteiger partial charge in [-0.05, 0) is 123 Å². The third-order valence-corrected chi connectivity index (χ3v) is 15.8. The summed E-state index contributed by atoms with van der Waals surface area (Å²) in [7, 11) is 0. The molecule has 0 aliphatic rings. The molecule has 0 unspecified atom stereocenters. The molecule has 11 heteroatoms. The van der Waals surface area contributed by atoms with Crippen molar-refractivity contribution in [2.75, 3.05) is 0 Å². The van der Waals surface area contributed by atoms with Crippen LogP contribution in [0.25, 0.3) is 63.8 Å². The number of phenolic OH excluding ortho intramolecular Hbond substituents is 2. The van der Waals surface area contributed by atoms with E-state index in [1.165, 1.54) is 71.1 Å². The summed E-state index contributed by atoms with van der Waals surface area (Å²) in [5, 5.41) is 21.9. The predicted molar refractivity (Wildman–Crippen MR) is 325 cm³/mol. The number of hydrogen-bond donors (Lipinski definition) is 2. The van der Waals surface area contributed by atoms with E-state index in [1.807, 2.05) is 48.5 Å². The average Bonchev–Trinajstić information content (AvgIpc) is 4.26. The molecule has 0 radical (unpaired) electrons. The summed E-state index contributed by atoms with van der Waals surface area (Å²) >= 11 is 3.27. The van der Waals surface area contributed by atoms with Crippen LogP contribution in [0.2, 0.25) is 0 Å². The molecule has 8 aromatic carbocycles. The van der Waals surface area contributed by atoms with Crippen LogP contribution < -0.4 is 0 Å². The molecule has 10 aromatic rings. The van der Waals surface area contributed by atoms with E-state index in [-0.39, 0.29) is 54.2 Å². The van der Waals surface area contributed by atoms with Crippen molar-refractivity contribution in [3.8, 4) is 54.9 Å². The first-order valence-electron chi connectivity index (χ1n) is 26.1. The number of thiazole rings is 2. The molecule has 0 atom stereocenters. The number of aromatic hydroxyl groups is 2. The smallest absolute Gasteiger partial charge is 0.126 e. The number of fused-ring (bicyclic) bond motifs is 2. The van der Waals surface area contributed by atoms with E-state index < -0.39 is 11.6 Å².